The number of hydrogen-bond acceptors (Lipinski definition) is 7. The summed E-state index contributed by atoms with van der Waals surface area (Å²) in [7, 11) is 0. The monoisotopic (exact) mass is 317 g/mol. The van der Waals surface area contributed by atoms with E-state index in [1.807, 2.05) is 18.4 Å². The van der Waals surface area contributed by atoms with Crippen molar-refractivity contribution in [1.29, 1.82) is 0 Å². The molecule has 3 aromatic heterocycles. The fourth-order valence-corrected chi connectivity index (χ4v) is 3.36. The number of carbonyl (C=O) groups is 1. The highest BCUT2D eigenvalue weighted by Gasteiger charge is 2.20. The third-order valence-corrected chi connectivity index (χ3v) is 4.57. The van der Waals surface area contributed by atoms with Crippen molar-refractivity contribution in [3.8, 4) is 11.3 Å². The summed E-state index contributed by atoms with van der Waals surface area (Å²) in [6.45, 7) is 0. The van der Waals surface area contributed by atoms with E-state index in [1.54, 1.807) is 12.4 Å². The van der Waals surface area contributed by atoms with Gasteiger partial charge < -0.3 is 11.5 Å². The van der Waals surface area contributed by atoms with Crippen molar-refractivity contribution < 1.29 is 4.79 Å². The molecule has 3 rings (SSSR count). The molecule has 0 saturated carbocycles. The maximum Gasteiger partial charge on any atom is 0.260 e. The molecule has 0 aliphatic carbocycles. The quantitative estimate of drug-likeness (QED) is 0.566. The number of rotatable bonds is 3. The van der Waals surface area contributed by atoms with Crippen molar-refractivity contribution in [2.45, 2.75) is 5.16 Å². The molecular weight excluding hydrogens is 306 g/mol. The van der Waals surface area contributed by atoms with Crippen LogP contribution in [0.3, 0.4) is 0 Å². The van der Waals surface area contributed by atoms with Crippen molar-refractivity contribution in [3.05, 3.63) is 29.4 Å². The van der Waals surface area contributed by atoms with E-state index in [2.05, 4.69) is 15.0 Å². The number of thioether (sulfide) groups is 1. The molecule has 3 heterocycles. The average Bonchev–Trinajstić information content (AvgIpc) is 2.84. The standard InChI is InChI=1S/C13H11N5OS2/c1-20-13-17-9(6-3-2-4-16-5-6)7-8(14)10(11(15)19)21-12(7)18-13/h2-5H,14H2,1H3,(H2,15,19). The Bertz CT molecular complexity index is 831. The lowest BCUT2D eigenvalue weighted by molar-refractivity contribution is 0.100. The number of carbonyl (C=O) groups excluding carboxylic acids is 1. The summed E-state index contributed by atoms with van der Waals surface area (Å²) >= 11 is 2.61. The van der Waals surface area contributed by atoms with Gasteiger partial charge in [0.1, 0.15) is 9.71 Å². The zero-order chi connectivity index (χ0) is 15.0. The van der Waals surface area contributed by atoms with Crippen molar-refractivity contribution in [2.75, 3.05) is 12.0 Å². The summed E-state index contributed by atoms with van der Waals surface area (Å²) in [5.41, 5.74) is 13.2. The minimum absolute atomic E-state index is 0.308. The summed E-state index contributed by atoms with van der Waals surface area (Å²) in [6, 6.07) is 3.71. The Kier molecular flexibility index (Phi) is 3.48. The number of primary amides is 1. The number of nitrogen functional groups attached to an aromatic ring is 1. The summed E-state index contributed by atoms with van der Waals surface area (Å²) < 4.78 is 0. The Hall–Kier alpha value is -2.19. The van der Waals surface area contributed by atoms with Crippen LogP contribution < -0.4 is 11.5 Å². The Morgan fingerprint density at radius 1 is 1.38 bits per heavy atom. The van der Waals surface area contributed by atoms with Crippen LogP contribution in [0.2, 0.25) is 0 Å². The second-order valence-corrected chi connectivity index (χ2v) is 5.96. The van der Waals surface area contributed by atoms with Crippen LogP contribution in [0.1, 0.15) is 9.67 Å². The van der Waals surface area contributed by atoms with E-state index in [0.717, 1.165) is 5.56 Å². The first-order valence-corrected chi connectivity index (χ1v) is 8.00. The first-order valence-electron chi connectivity index (χ1n) is 5.96. The lowest BCUT2D eigenvalue weighted by Crippen LogP contribution is -2.10. The van der Waals surface area contributed by atoms with Crippen molar-refractivity contribution in [2.24, 2.45) is 5.73 Å². The number of hydrogen-bond donors (Lipinski definition) is 2. The number of aromatic nitrogens is 3. The number of amides is 1. The summed E-state index contributed by atoms with van der Waals surface area (Å²) in [5, 5.41) is 1.26. The predicted molar refractivity (Wildman–Crippen MR) is 85.4 cm³/mol. The molecule has 0 bridgehead atoms. The second kappa shape index (κ2) is 5.30. The topological polar surface area (TPSA) is 108 Å². The van der Waals surface area contributed by atoms with Gasteiger partial charge in [-0.2, -0.15) is 0 Å². The van der Waals surface area contributed by atoms with E-state index in [4.69, 9.17) is 11.5 Å². The Morgan fingerprint density at radius 2 is 2.19 bits per heavy atom. The molecule has 4 N–H and O–H groups in total. The van der Waals surface area contributed by atoms with Gasteiger partial charge >= 0.3 is 0 Å². The molecule has 0 saturated heterocycles. The normalized spacial score (nSPS) is 10.9. The number of fused-ring (bicyclic) bond motifs is 1. The minimum Gasteiger partial charge on any atom is -0.397 e. The van der Waals surface area contributed by atoms with Gasteiger partial charge in [0, 0.05) is 18.0 Å². The average molecular weight is 317 g/mol. The van der Waals surface area contributed by atoms with Crippen LogP contribution in [0.4, 0.5) is 5.69 Å². The van der Waals surface area contributed by atoms with E-state index in [-0.39, 0.29) is 0 Å². The van der Waals surface area contributed by atoms with Crippen LogP contribution in [0.15, 0.2) is 29.7 Å². The minimum atomic E-state index is -0.557. The number of nitrogens with zero attached hydrogens (tertiary/aromatic N) is 3. The van der Waals surface area contributed by atoms with Crippen LogP contribution >= 0.6 is 23.1 Å². The van der Waals surface area contributed by atoms with Gasteiger partial charge in [0.25, 0.3) is 5.91 Å². The Labute approximate surface area is 128 Å². The first-order chi connectivity index (χ1) is 10.1. The van der Waals surface area contributed by atoms with E-state index >= 15 is 0 Å². The van der Waals surface area contributed by atoms with Gasteiger partial charge in [-0.1, -0.05) is 11.8 Å². The molecule has 3 aromatic rings. The van der Waals surface area contributed by atoms with Gasteiger partial charge in [-0.3, -0.25) is 9.78 Å². The number of pyridine rings is 1. The molecular formula is C13H11N5OS2. The highest BCUT2D eigenvalue weighted by atomic mass is 32.2. The lowest BCUT2D eigenvalue weighted by Gasteiger charge is -2.05. The van der Waals surface area contributed by atoms with Gasteiger partial charge in [0.05, 0.1) is 16.8 Å². The molecule has 0 spiro atoms. The smallest absolute Gasteiger partial charge is 0.260 e. The van der Waals surface area contributed by atoms with Gasteiger partial charge in [0.15, 0.2) is 5.16 Å². The molecule has 1 amide bonds. The third-order valence-electron chi connectivity index (χ3n) is 2.91. The Balaban J connectivity index is 2.39. The van der Waals surface area contributed by atoms with Crippen molar-refractivity contribution in [3.63, 3.8) is 0 Å². The number of nitrogens with two attached hydrogens (primary N) is 2. The number of anilines is 1. The molecule has 0 aromatic carbocycles. The van der Waals surface area contributed by atoms with Gasteiger partial charge in [-0.05, 0) is 18.4 Å². The Morgan fingerprint density at radius 3 is 2.81 bits per heavy atom. The molecule has 0 aliphatic rings. The van der Waals surface area contributed by atoms with Gasteiger partial charge in [-0.25, -0.2) is 9.97 Å². The fraction of sp³-hybridized carbons (Fsp3) is 0.0769. The molecule has 0 atom stereocenters. The summed E-state index contributed by atoms with van der Waals surface area (Å²) in [5.74, 6) is -0.557. The van der Waals surface area contributed by atoms with Crippen LogP contribution in [0, 0.1) is 0 Å². The highest BCUT2D eigenvalue weighted by molar-refractivity contribution is 7.98. The summed E-state index contributed by atoms with van der Waals surface area (Å²) in [4.78, 5) is 25.5. The maximum atomic E-state index is 11.5. The molecule has 21 heavy (non-hydrogen) atoms. The summed E-state index contributed by atoms with van der Waals surface area (Å²) in [6.07, 6.45) is 5.27. The van der Waals surface area contributed by atoms with Gasteiger partial charge in [-0.15, -0.1) is 11.3 Å². The zero-order valence-corrected chi connectivity index (χ0v) is 12.7. The van der Waals surface area contributed by atoms with Crippen molar-refractivity contribution >= 4 is 44.9 Å². The second-order valence-electron chi connectivity index (χ2n) is 4.19. The van der Waals surface area contributed by atoms with E-state index in [1.165, 1.54) is 23.1 Å². The third kappa shape index (κ3) is 2.32. The van der Waals surface area contributed by atoms with E-state index in [9.17, 15) is 4.79 Å². The largest absolute Gasteiger partial charge is 0.397 e. The lowest BCUT2D eigenvalue weighted by atomic mass is 10.1. The molecule has 0 aliphatic heterocycles. The van der Waals surface area contributed by atoms with Crippen LogP contribution in [0.25, 0.3) is 21.5 Å². The molecule has 106 valence electrons. The fourth-order valence-electron chi connectivity index (χ4n) is 1.99. The van der Waals surface area contributed by atoms with E-state index in [0.29, 0.717) is 31.6 Å². The van der Waals surface area contributed by atoms with Crippen LogP contribution in [0.5, 0.6) is 0 Å². The molecule has 0 fully saturated rings. The molecule has 0 radical (unpaired) electrons. The molecule has 8 heteroatoms. The molecule has 0 unspecified atom stereocenters. The predicted octanol–water partition coefficient (Wildman–Crippen LogP) is 2.16. The number of thiophene rings is 1. The van der Waals surface area contributed by atoms with E-state index < -0.39 is 5.91 Å². The maximum absolute atomic E-state index is 11.5. The highest BCUT2D eigenvalue weighted by Crippen LogP contribution is 2.38. The van der Waals surface area contributed by atoms with Crippen molar-refractivity contribution in [1.82, 2.24) is 15.0 Å². The first kappa shape index (κ1) is 13.8. The van der Waals surface area contributed by atoms with Crippen LogP contribution in [-0.4, -0.2) is 27.1 Å². The SMILES string of the molecule is CSc1nc(-c2cccnc2)c2c(N)c(C(N)=O)sc2n1. The zero-order valence-electron chi connectivity index (χ0n) is 11.0. The van der Waals surface area contributed by atoms with Crippen LogP contribution in [-0.2, 0) is 0 Å². The molecule has 6 nitrogen and oxygen atoms in total. The van der Waals surface area contributed by atoms with Gasteiger partial charge in [0.2, 0.25) is 0 Å².